The van der Waals surface area contributed by atoms with Gasteiger partial charge in [-0.25, -0.2) is 29.7 Å². The summed E-state index contributed by atoms with van der Waals surface area (Å²) in [6.45, 7) is 14.8. The standard InChI is InChI=1S/C27H36N10O/c1-8-36-24(17-12-28-16(4)29-13-17)33-22-23(30-14-31-25(22)36)32-18-9-10-20-19(11-18)21(15(2)3)35-37(20)26(38)34-27(5,6)7/h12-15,18H,8-11H2,1-7H3,(H,34,38)(H,30,31,32). The van der Waals surface area contributed by atoms with Crippen molar-refractivity contribution in [3.05, 3.63) is 41.5 Å². The normalized spacial score (nSPS) is 15.6. The SMILES string of the molecule is CCn1c(-c2cnc(C)nc2)nc2c(NC3CCc4c(c(C(C)C)nn4C(=O)NC(C)(C)C)C3)ncnc21. The average molecular weight is 517 g/mol. The molecule has 1 unspecified atom stereocenters. The highest BCUT2D eigenvalue weighted by Crippen LogP contribution is 2.32. The van der Waals surface area contributed by atoms with Gasteiger partial charge in [0, 0.05) is 30.5 Å². The predicted molar refractivity (Wildman–Crippen MR) is 146 cm³/mol. The number of anilines is 1. The Hall–Kier alpha value is -3.89. The van der Waals surface area contributed by atoms with Gasteiger partial charge < -0.3 is 15.2 Å². The minimum Gasteiger partial charge on any atom is -0.365 e. The topological polar surface area (TPSA) is 128 Å². The Morgan fingerprint density at radius 1 is 1.16 bits per heavy atom. The third kappa shape index (κ3) is 4.84. The molecule has 0 saturated carbocycles. The predicted octanol–water partition coefficient (Wildman–Crippen LogP) is 4.26. The minimum atomic E-state index is -0.337. The summed E-state index contributed by atoms with van der Waals surface area (Å²) >= 11 is 0. The lowest BCUT2D eigenvalue weighted by atomic mass is 9.89. The Labute approximate surface area is 222 Å². The summed E-state index contributed by atoms with van der Waals surface area (Å²) in [5.74, 6) is 2.39. The molecule has 0 spiro atoms. The summed E-state index contributed by atoms with van der Waals surface area (Å²) in [5, 5.41) is 11.4. The molecule has 1 atom stereocenters. The molecule has 4 aromatic rings. The second-order valence-corrected chi connectivity index (χ2v) is 11.2. The van der Waals surface area contributed by atoms with Gasteiger partial charge in [0.2, 0.25) is 0 Å². The van der Waals surface area contributed by atoms with Crippen LogP contribution in [0.25, 0.3) is 22.6 Å². The van der Waals surface area contributed by atoms with Gasteiger partial charge in [-0.3, -0.25) is 0 Å². The smallest absolute Gasteiger partial charge is 0.342 e. The number of hydrogen-bond donors (Lipinski definition) is 2. The first kappa shape index (κ1) is 25.7. The number of rotatable bonds is 5. The molecule has 4 aromatic heterocycles. The van der Waals surface area contributed by atoms with Crippen molar-refractivity contribution in [2.24, 2.45) is 0 Å². The molecule has 1 aliphatic carbocycles. The number of nitrogens with one attached hydrogen (secondary N) is 2. The maximum absolute atomic E-state index is 13.0. The van der Waals surface area contributed by atoms with Crippen molar-refractivity contribution in [1.29, 1.82) is 0 Å². The Balaban J connectivity index is 1.46. The number of carbonyl (C=O) groups is 1. The zero-order valence-corrected chi connectivity index (χ0v) is 23.2. The fourth-order valence-electron chi connectivity index (χ4n) is 5.04. The molecule has 11 nitrogen and oxygen atoms in total. The Morgan fingerprint density at radius 3 is 2.55 bits per heavy atom. The van der Waals surface area contributed by atoms with Crippen molar-refractivity contribution in [1.82, 2.24) is 44.6 Å². The summed E-state index contributed by atoms with van der Waals surface area (Å²) < 4.78 is 3.64. The first-order valence-corrected chi connectivity index (χ1v) is 13.3. The largest absolute Gasteiger partial charge is 0.365 e. The molecule has 0 fully saturated rings. The van der Waals surface area contributed by atoms with Crippen molar-refractivity contribution in [2.45, 2.75) is 91.8 Å². The van der Waals surface area contributed by atoms with Crippen LogP contribution in [0.2, 0.25) is 0 Å². The third-order valence-corrected chi connectivity index (χ3v) is 6.75. The highest BCUT2D eigenvalue weighted by Gasteiger charge is 2.31. The van der Waals surface area contributed by atoms with Crippen molar-refractivity contribution in [2.75, 3.05) is 5.32 Å². The van der Waals surface area contributed by atoms with Gasteiger partial charge in [-0.15, -0.1) is 0 Å². The third-order valence-electron chi connectivity index (χ3n) is 6.75. The van der Waals surface area contributed by atoms with E-state index in [4.69, 9.17) is 10.1 Å². The molecule has 1 amide bonds. The van der Waals surface area contributed by atoms with Crippen LogP contribution in [0.15, 0.2) is 18.7 Å². The molecule has 0 aliphatic heterocycles. The van der Waals surface area contributed by atoms with E-state index < -0.39 is 0 Å². The lowest BCUT2D eigenvalue weighted by Gasteiger charge is -2.26. The molecule has 0 radical (unpaired) electrons. The van der Waals surface area contributed by atoms with Gasteiger partial charge in [-0.2, -0.15) is 9.78 Å². The molecule has 2 N–H and O–H groups in total. The van der Waals surface area contributed by atoms with Crippen LogP contribution in [0.3, 0.4) is 0 Å². The summed E-state index contributed by atoms with van der Waals surface area (Å²) in [5.41, 5.74) is 5.11. The summed E-state index contributed by atoms with van der Waals surface area (Å²) in [4.78, 5) is 35.7. The molecule has 0 saturated heterocycles. The fourth-order valence-corrected chi connectivity index (χ4v) is 5.04. The van der Waals surface area contributed by atoms with Gasteiger partial charge in [0.25, 0.3) is 0 Å². The van der Waals surface area contributed by atoms with E-state index in [1.807, 2.05) is 27.7 Å². The van der Waals surface area contributed by atoms with E-state index in [0.717, 1.165) is 58.8 Å². The first-order chi connectivity index (χ1) is 18.1. The molecule has 38 heavy (non-hydrogen) atoms. The lowest BCUT2D eigenvalue weighted by Crippen LogP contribution is -2.44. The van der Waals surface area contributed by atoms with Crippen molar-refractivity contribution in [3.8, 4) is 11.4 Å². The average Bonchev–Trinajstić information content (AvgIpc) is 3.43. The summed E-state index contributed by atoms with van der Waals surface area (Å²) in [6, 6.07) is -0.0540. The minimum absolute atomic E-state index is 0.124. The zero-order chi connectivity index (χ0) is 27.2. The second-order valence-electron chi connectivity index (χ2n) is 11.2. The van der Waals surface area contributed by atoms with Gasteiger partial charge in [0.1, 0.15) is 18.0 Å². The van der Waals surface area contributed by atoms with Gasteiger partial charge in [0.05, 0.1) is 17.0 Å². The fraction of sp³-hybridized carbons (Fsp3) is 0.519. The first-order valence-electron chi connectivity index (χ1n) is 13.3. The highest BCUT2D eigenvalue weighted by atomic mass is 16.2. The van der Waals surface area contributed by atoms with E-state index in [-0.39, 0.29) is 23.5 Å². The molecule has 200 valence electrons. The van der Waals surface area contributed by atoms with E-state index in [1.54, 1.807) is 23.4 Å². The van der Waals surface area contributed by atoms with Gasteiger partial charge >= 0.3 is 6.03 Å². The maximum atomic E-state index is 13.0. The molecular formula is C27H36N10O. The van der Waals surface area contributed by atoms with Crippen LogP contribution in [-0.2, 0) is 19.4 Å². The van der Waals surface area contributed by atoms with Crippen LogP contribution >= 0.6 is 0 Å². The second kappa shape index (κ2) is 9.77. The Morgan fingerprint density at radius 2 is 1.89 bits per heavy atom. The number of fused-ring (bicyclic) bond motifs is 2. The zero-order valence-electron chi connectivity index (χ0n) is 23.2. The van der Waals surface area contributed by atoms with Crippen molar-refractivity contribution in [3.63, 3.8) is 0 Å². The quantitative estimate of drug-likeness (QED) is 0.403. The number of nitrogens with zero attached hydrogens (tertiary/aromatic N) is 8. The van der Waals surface area contributed by atoms with Crippen LogP contribution in [-0.4, -0.2) is 56.9 Å². The summed E-state index contributed by atoms with van der Waals surface area (Å²) in [6.07, 6.45) is 7.51. The number of amides is 1. The number of aryl methyl sites for hydroxylation is 2. The lowest BCUT2D eigenvalue weighted by molar-refractivity contribution is 0.229. The number of carbonyl (C=O) groups excluding carboxylic acids is 1. The van der Waals surface area contributed by atoms with Crippen molar-refractivity contribution >= 4 is 23.0 Å². The number of aromatic nitrogens is 8. The van der Waals surface area contributed by atoms with Crippen LogP contribution in [0, 0.1) is 6.92 Å². The maximum Gasteiger partial charge on any atom is 0.342 e. The van der Waals surface area contributed by atoms with Gasteiger partial charge in [-0.05, 0) is 65.4 Å². The molecule has 5 rings (SSSR count). The molecule has 0 bridgehead atoms. The van der Waals surface area contributed by atoms with Crippen LogP contribution in [0.4, 0.5) is 10.6 Å². The van der Waals surface area contributed by atoms with Crippen LogP contribution in [0.1, 0.15) is 76.7 Å². The summed E-state index contributed by atoms with van der Waals surface area (Å²) in [7, 11) is 0. The van der Waals surface area contributed by atoms with E-state index in [2.05, 4.69) is 55.9 Å². The van der Waals surface area contributed by atoms with Gasteiger partial charge in [-0.1, -0.05) is 13.8 Å². The van der Waals surface area contributed by atoms with Gasteiger partial charge in [0.15, 0.2) is 17.0 Å². The molecule has 0 aromatic carbocycles. The molecule has 4 heterocycles. The highest BCUT2D eigenvalue weighted by molar-refractivity contribution is 5.86. The number of hydrogen-bond acceptors (Lipinski definition) is 8. The van der Waals surface area contributed by atoms with Crippen LogP contribution < -0.4 is 10.6 Å². The van der Waals surface area contributed by atoms with E-state index in [9.17, 15) is 4.79 Å². The molecule has 11 heteroatoms. The molecule has 1 aliphatic rings. The van der Waals surface area contributed by atoms with Crippen molar-refractivity contribution < 1.29 is 4.79 Å². The van der Waals surface area contributed by atoms with E-state index in [1.165, 1.54) is 0 Å². The van der Waals surface area contributed by atoms with E-state index >= 15 is 0 Å². The van der Waals surface area contributed by atoms with E-state index in [0.29, 0.717) is 18.2 Å². The number of imidazole rings is 1. The molecular weight excluding hydrogens is 480 g/mol. The van der Waals surface area contributed by atoms with Crippen LogP contribution in [0.5, 0.6) is 0 Å². The Kier molecular flexibility index (Phi) is 6.62. The Bertz CT molecular complexity index is 1480. The monoisotopic (exact) mass is 516 g/mol.